The molecule has 92 valence electrons. The van der Waals surface area contributed by atoms with Crippen molar-refractivity contribution in [2.45, 2.75) is 38.5 Å². The molecule has 1 saturated heterocycles. The van der Waals surface area contributed by atoms with Gasteiger partial charge in [0.1, 0.15) is 0 Å². The highest BCUT2D eigenvalue weighted by atomic mass is 16.3. The number of aliphatic hydroxyl groups excluding tert-OH is 1. The summed E-state index contributed by atoms with van der Waals surface area (Å²) in [5, 5.41) is 12.2. The number of nitrogens with zero attached hydrogens (tertiary/aromatic N) is 1. The van der Waals surface area contributed by atoms with E-state index in [0.717, 1.165) is 0 Å². The Bertz CT molecular complexity index is 280. The number of carbonyl (C=O) groups is 2. The minimum atomic E-state index is -0.527. The van der Waals surface area contributed by atoms with E-state index in [0.29, 0.717) is 13.0 Å². The maximum Gasteiger partial charge on any atom is 0.240 e. The van der Waals surface area contributed by atoms with Crippen LogP contribution >= 0.6 is 0 Å². The lowest BCUT2D eigenvalue weighted by Crippen LogP contribution is -2.49. The van der Waals surface area contributed by atoms with Gasteiger partial charge in [-0.15, -0.1) is 0 Å². The van der Waals surface area contributed by atoms with E-state index >= 15 is 0 Å². The number of amides is 2. The van der Waals surface area contributed by atoms with Crippen molar-refractivity contribution in [1.29, 1.82) is 0 Å². The molecule has 1 heterocycles. The molecule has 2 unspecified atom stereocenters. The van der Waals surface area contributed by atoms with Crippen molar-refractivity contribution in [1.82, 2.24) is 10.2 Å². The summed E-state index contributed by atoms with van der Waals surface area (Å²) in [7, 11) is 0. The van der Waals surface area contributed by atoms with Crippen molar-refractivity contribution in [3.63, 3.8) is 0 Å². The van der Waals surface area contributed by atoms with E-state index in [-0.39, 0.29) is 18.5 Å². The van der Waals surface area contributed by atoms with Crippen molar-refractivity contribution >= 4 is 11.8 Å². The fraction of sp³-hybridized carbons (Fsp3) is 0.800. The zero-order chi connectivity index (χ0) is 12.3. The standard InChI is InChI=1S/C10H19N3O3/c1-6(2)13(5-9(11)15)10(16)8-3-7(14)4-12-8/h6-8,12,14H,3-5H2,1-2H3,(H2,11,15). The summed E-state index contributed by atoms with van der Waals surface area (Å²) in [4.78, 5) is 24.3. The van der Waals surface area contributed by atoms with E-state index in [2.05, 4.69) is 5.32 Å². The molecule has 0 aromatic heterocycles. The molecule has 0 aliphatic carbocycles. The van der Waals surface area contributed by atoms with Crippen LogP contribution in [0.4, 0.5) is 0 Å². The number of primary amides is 1. The van der Waals surface area contributed by atoms with Crippen LogP contribution in [0.5, 0.6) is 0 Å². The predicted octanol–water partition coefficient (Wildman–Crippen LogP) is -1.57. The molecule has 16 heavy (non-hydrogen) atoms. The Balaban J connectivity index is 2.63. The molecule has 1 aliphatic heterocycles. The van der Waals surface area contributed by atoms with Crippen LogP contribution in [0.1, 0.15) is 20.3 Å². The highest BCUT2D eigenvalue weighted by Crippen LogP contribution is 2.11. The average Bonchev–Trinajstić information content (AvgIpc) is 2.59. The average molecular weight is 229 g/mol. The number of rotatable bonds is 4. The number of hydrogen-bond donors (Lipinski definition) is 3. The lowest BCUT2D eigenvalue weighted by atomic mass is 10.1. The first kappa shape index (κ1) is 12.9. The van der Waals surface area contributed by atoms with Gasteiger partial charge in [-0.1, -0.05) is 0 Å². The molecule has 0 aromatic carbocycles. The van der Waals surface area contributed by atoms with E-state index in [1.165, 1.54) is 4.90 Å². The Kier molecular flexibility index (Phi) is 4.26. The van der Waals surface area contributed by atoms with Crippen LogP contribution in [0.3, 0.4) is 0 Å². The summed E-state index contributed by atoms with van der Waals surface area (Å²) >= 11 is 0. The van der Waals surface area contributed by atoms with Crippen molar-refractivity contribution in [3.8, 4) is 0 Å². The molecule has 0 radical (unpaired) electrons. The van der Waals surface area contributed by atoms with Gasteiger partial charge in [-0.2, -0.15) is 0 Å². The first-order chi connectivity index (χ1) is 7.41. The first-order valence-corrected chi connectivity index (χ1v) is 5.42. The fourth-order valence-corrected chi connectivity index (χ4v) is 1.79. The summed E-state index contributed by atoms with van der Waals surface area (Å²) in [5.41, 5.74) is 5.09. The van der Waals surface area contributed by atoms with Gasteiger partial charge in [0.15, 0.2) is 0 Å². The van der Waals surface area contributed by atoms with Gasteiger partial charge < -0.3 is 21.1 Å². The lowest BCUT2D eigenvalue weighted by Gasteiger charge is -2.28. The third-order valence-corrected chi connectivity index (χ3v) is 2.64. The van der Waals surface area contributed by atoms with Crippen LogP contribution in [0.25, 0.3) is 0 Å². The van der Waals surface area contributed by atoms with Crippen LogP contribution in [-0.4, -0.2) is 53.1 Å². The minimum absolute atomic E-state index is 0.0786. The molecule has 4 N–H and O–H groups in total. The monoisotopic (exact) mass is 229 g/mol. The van der Waals surface area contributed by atoms with E-state index in [1.807, 2.05) is 13.8 Å². The number of aliphatic hydroxyl groups is 1. The van der Waals surface area contributed by atoms with Crippen LogP contribution in [0.2, 0.25) is 0 Å². The molecule has 0 bridgehead atoms. The van der Waals surface area contributed by atoms with Crippen LogP contribution < -0.4 is 11.1 Å². The predicted molar refractivity (Wildman–Crippen MR) is 58.5 cm³/mol. The third kappa shape index (κ3) is 3.18. The smallest absolute Gasteiger partial charge is 0.240 e. The maximum absolute atomic E-state index is 12.0. The van der Waals surface area contributed by atoms with E-state index < -0.39 is 18.1 Å². The second-order valence-electron chi connectivity index (χ2n) is 4.38. The van der Waals surface area contributed by atoms with Crippen LogP contribution in [-0.2, 0) is 9.59 Å². The first-order valence-electron chi connectivity index (χ1n) is 5.42. The zero-order valence-electron chi connectivity index (χ0n) is 9.64. The van der Waals surface area contributed by atoms with Gasteiger partial charge in [0.2, 0.25) is 11.8 Å². The number of nitrogens with one attached hydrogen (secondary N) is 1. The van der Waals surface area contributed by atoms with Crippen molar-refractivity contribution in [3.05, 3.63) is 0 Å². The highest BCUT2D eigenvalue weighted by molar-refractivity contribution is 5.87. The Morgan fingerprint density at radius 1 is 1.56 bits per heavy atom. The van der Waals surface area contributed by atoms with Gasteiger partial charge >= 0.3 is 0 Å². The summed E-state index contributed by atoms with van der Waals surface area (Å²) in [6.45, 7) is 3.99. The van der Waals surface area contributed by atoms with Crippen molar-refractivity contribution in [2.75, 3.05) is 13.1 Å². The van der Waals surface area contributed by atoms with E-state index in [4.69, 9.17) is 5.73 Å². The van der Waals surface area contributed by atoms with Gasteiger partial charge in [0.05, 0.1) is 18.7 Å². The molecule has 1 aliphatic rings. The number of β-amino-alcohol motifs (C(OH)–C–C–N with tert-alkyl or cyclic N) is 1. The second-order valence-corrected chi connectivity index (χ2v) is 4.38. The highest BCUT2D eigenvalue weighted by Gasteiger charge is 2.32. The number of carbonyl (C=O) groups excluding carboxylic acids is 2. The molecule has 1 fully saturated rings. The molecule has 0 saturated carbocycles. The van der Waals surface area contributed by atoms with E-state index in [1.54, 1.807) is 0 Å². The number of nitrogens with two attached hydrogens (primary N) is 1. The van der Waals surface area contributed by atoms with Gasteiger partial charge in [-0.05, 0) is 20.3 Å². The van der Waals surface area contributed by atoms with Crippen molar-refractivity contribution in [2.24, 2.45) is 5.73 Å². The third-order valence-electron chi connectivity index (χ3n) is 2.64. The molecule has 1 rings (SSSR count). The molecular formula is C10H19N3O3. The maximum atomic E-state index is 12.0. The molecule has 6 heteroatoms. The summed E-state index contributed by atoms with van der Waals surface area (Å²) in [6, 6.07) is -0.490. The minimum Gasteiger partial charge on any atom is -0.392 e. The summed E-state index contributed by atoms with van der Waals surface area (Å²) in [6.07, 6.45) is -0.0996. The molecule has 2 atom stereocenters. The fourth-order valence-electron chi connectivity index (χ4n) is 1.79. The Hall–Kier alpha value is -1.14. The SMILES string of the molecule is CC(C)N(CC(N)=O)C(=O)C1CC(O)CN1. The van der Waals surface area contributed by atoms with Gasteiger partial charge in [-0.3, -0.25) is 9.59 Å². The van der Waals surface area contributed by atoms with Gasteiger partial charge in [0, 0.05) is 12.6 Å². The molecule has 0 spiro atoms. The summed E-state index contributed by atoms with van der Waals surface area (Å²) in [5.74, 6) is -0.703. The molecule has 2 amide bonds. The quantitative estimate of drug-likeness (QED) is 0.543. The molecular weight excluding hydrogens is 210 g/mol. The second kappa shape index (κ2) is 5.27. The normalized spacial score (nSPS) is 24.8. The van der Waals surface area contributed by atoms with Crippen LogP contribution in [0.15, 0.2) is 0 Å². The summed E-state index contributed by atoms with van der Waals surface area (Å²) < 4.78 is 0. The van der Waals surface area contributed by atoms with Crippen molar-refractivity contribution < 1.29 is 14.7 Å². The molecule has 6 nitrogen and oxygen atoms in total. The largest absolute Gasteiger partial charge is 0.392 e. The molecule has 0 aromatic rings. The van der Waals surface area contributed by atoms with Gasteiger partial charge in [-0.25, -0.2) is 0 Å². The zero-order valence-corrected chi connectivity index (χ0v) is 9.64. The van der Waals surface area contributed by atoms with Gasteiger partial charge in [0.25, 0.3) is 0 Å². The topological polar surface area (TPSA) is 95.7 Å². The Morgan fingerprint density at radius 2 is 2.19 bits per heavy atom. The Labute approximate surface area is 94.8 Å². The van der Waals surface area contributed by atoms with Crippen LogP contribution in [0, 0.1) is 0 Å². The Morgan fingerprint density at radius 3 is 2.56 bits per heavy atom. The lowest BCUT2D eigenvalue weighted by molar-refractivity contribution is -0.138. The number of hydrogen-bond acceptors (Lipinski definition) is 4. The van der Waals surface area contributed by atoms with E-state index in [9.17, 15) is 14.7 Å².